The molecule has 0 spiro atoms. The molecule has 1 aliphatic heterocycles. The Labute approximate surface area is 171 Å². The summed E-state index contributed by atoms with van der Waals surface area (Å²) >= 11 is 0. The lowest BCUT2D eigenvalue weighted by molar-refractivity contribution is 0.102. The van der Waals surface area contributed by atoms with Gasteiger partial charge in [0.2, 0.25) is 0 Å². The maximum atomic E-state index is 12.9. The fourth-order valence-electron chi connectivity index (χ4n) is 3.54. The summed E-state index contributed by atoms with van der Waals surface area (Å²) in [6.07, 6.45) is 2.71. The van der Waals surface area contributed by atoms with Crippen molar-refractivity contribution in [1.82, 2.24) is 4.98 Å². The highest BCUT2D eigenvalue weighted by Crippen LogP contribution is 2.27. The maximum Gasteiger partial charge on any atom is 0.255 e. The molecule has 1 amide bonds. The highest BCUT2D eigenvalue weighted by atomic mass is 16.5. The number of anilines is 2. The van der Waals surface area contributed by atoms with Crippen LogP contribution in [-0.2, 0) is 13.0 Å². The standard InChI is InChI=1S/C24H25N3O2/c1-17(2)29-22-10-6-5-9-21(22)26-24(28)19-11-13-25-23(15-19)27-14-12-18-7-3-4-8-20(18)16-27/h3-11,13,15,17H,12,14,16H2,1-2H3,(H,26,28). The number of carbonyl (C=O) groups excluding carboxylic acids is 1. The van der Waals surface area contributed by atoms with Crippen LogP contribution < -0.4 is 15.0 Å². The van der Waals surface area contributed by atoms with E-state index in [0.29, 0.717) is 17.0 Å². The lowest BCUT2D eigenvalue weighted by atomic mass is 10.00. The number of para-hydroxylation sites is 2. The average Bonchev–Trinajstić information content (AvgIpc) is 2.74. The molecule has 1 N–H and O–H groups in total. The van der Waals surface area contributed by atoms with Gasteiger partial charge in [-0.15, -0.1) is 0 Å². The average molecular weight is 387 g/mol. The minimum atomic E-state index is -0.175. The number of pyridine rings is 1. The molecular formula is C24H25N3O2. The zero-order valence-electron chi connectivity index (χ0n) is 16.8. The lowest BCUT2D eigenvalue weighted by Crippen LogP contribution is -2.31. The molecule has 0 saturated heterocycles. The third-order valence-corrected chi connectivity index (χ3v) is 4.96. The van der Waals surface area contributed by atoms with Gasteiger partial charge in [-0.25, -0.2) is 4.98 Å². The molecule has 1 aromatic heterocycles. The number of hydrogen-bond donors (Lipinski definition) is 1. The first-order chi connectivity index (χ1) is 14.1. The van der Waals surface area contributed by atoms with Crippen LogP contribution in [0.2, 0.25) is 0 Å². The fourth-order valence-corrected chi connectivity index (χ4v) is 3.54. The molecule has 2 heterocycles. The van der Waals surface area contributed by atoms with Gasteiger partial charge in [-0.1, -0.05) is 36.4 Å². The third-order valence-electron chi connectivity index (χ3n) is 4.96. The number of benzene rings is 2. The van der Waals surface area contributed by atoms with E-state index in [9.17, 15) is 4.79 Å². The van der Waals surface area contributed by atoms with Gasteiger partial charge in [0.25, 0.3) is 5.91 Å². The van der Waals surface area contributed by atoms with Gasteiger partial charge in [-0.3, -0.25) is 4.79 Å². The Bertz CT molecular complexity index is 1020. The zero-order chi connectivity index (χ0) is 20.2. The number of nitrogens with one attached hydrogen (secondary N) is 1. The summed E-state index contributed by atoms with van der Waals surface area (Å²) in [6.45, 7) is 5.62. The quantitative estimate of drug-likeness (QED) is 0.690. The molecule has 148 valence electrons. The molecule has 2 aromatic carbocycles. The van der Waals surface area contributed by atoms with Crippen LogP contribution in [0.4, 0.5) is 11.5 Å². The Balaban J connectivity index is 1.52. The molecule has 0 saturated carbocycles. The minimum absolute atomic E-state index is 0.0301. The molecule has 4 rings (SSSR count). The smallest absolute Gasteiger partial charge is 0.255 e. The van der Waals surface area contributed by atoms with Crippen LogP contribution in [-0.4, -0.2) is 23.5 Å². The number of hydrogen-bond acceptors (Lipinski definition) is 4. The molecular weight excluding hydrogens is 362 g/mol. The maximum absolute atomic E-state index is 12.9. The second-order valence-corrected chi connectivity index (χ2v) is 7.46. The predicted molar refractivity (Wildman–Crippen MR) is 116 cm³/mol. The molecule has 0 fully saturated rings. The summed E-state index contributed by atoms with van der Waals surface area (Å²) in [7, 11) is 0. The number of amides is 1. The Morgan fingerprint density at radius 2 is 1.83 bits per heavy atom. The van der Waals surface area contributed by atoms with Crippen LogP contribution in [0, 0.1) is 0 Å². The van der Waals surface area contributed by atoms with Gasteiger partial charge in [0, 0.05) is 24.8 Å². The van der Waals surface area contributed by atoms with Crippen LogP contribution in [0.5, 0.6) is 5.75 Å². The second kappa shape index (κ2) is 8.35. The Morgan fingerprint density at radius 3 is 2.66 bits per heavy atom. The summed E-state index contributed by atoms with van der Waals surface area (Å²) < 4.78 is 5.80. The van der Waals surface area contributed by atoms with Gasteiger partial charge in [-0.2, -0.15) is 0 Å². The molecule has 1 aliphatic rings. The summed E-state index contributed by atoms with van der Waals surface area (Å²) in [5.41, 5.74) is 3.94. The van der Waals surface area contributed by atoms with Crippen molar-refractivity contribution in [2.45, 2.75) is 32.9 Å². The van der Waals surface area contributed by atoms with Crippen LogP contribution >= 0.6 is 0 Å². The van der Waals surface area contributed by atoms with E-state index in [-0.39, 0.29) is 12.0 Å². The van der Waals surface area contributed by atoms with Gasteiger partial charge < -0.3 is 15.0 Å². The van der Waals surface area contributed by atoms with Crippen LogP contribution in [0.15, 0.2) is 66.9 Å². The minimum Gasteiger partial charge on any atom is -0.489 e. The van der Waals surface area contributed by atoms with Crippen LogP contribution in [0.1, 0.15) is 35.3 Å². The number of fused-ring (bicyclic) bond motifs is 1. The molecule has 0 bridgehead atoms. The van der Waals surface area contributed by atoms with Crippen molar-refractivity contribution in [1.29, 1.82) is 0 Å². The Kier molecular flexibility index (Phi) is 5.47. The van der Waals surface area contributed by atoms with Crippen molar-refractivity contribution in [3.8, 4) is 5.75 Å². The molecule has 5 heteroatoms. The number of carbonyl (C=O) groups is 1. The number of ether oxygens (including phenoxy) is 1. The van der Waals surface area contributed by atoms with Gasteiger partial charge in [0.05, 0.1) is 11.8 Å². The Morgan fingerprint density at radius 1 is 1.07 bits per heavy atom. The highest BCUT2D eigenvalue weighted by Gasteiger charge is 2.18. The van der Waals surface area contributed by atoms with E-state index in [0.717, 1.165) is 25.3 Å². The summed E-state index contributed by atoms with van der Waals surface area (Å²) in [5.74, 6) is 1.31. The van der Waals surface area contributed by atoms with E-state index >= 15 is 0 Å². The van der Waals surface area contributed by atoms with Gasteiger partial charge in [0.15, 0.2) is 0 Å². The third kappa shape index (κ3) is 4.40. The largest absolute Gasteiger partial charge is 0.489 e. The second-order valence-electron chi connectivity index (χ2n) is 7.46. The first kappa shape index (κ1) is 19.0. The molecule has 0 atom stereocenters. The van der Waals surface area contributed by atoms with E-state index in [1.165, 1.54) is 11.1 Å². The van der Waals surface area contributed by atoms with E-state index < -0.39 is 0 Å². The number of nitrogens with zero attached hydrogens (tertiary/aromatic N) is 2. The van der Waals surface area contributed by atoms with Gasteiger partial charge in [-0.05, 0) is 55.7 Å². The first-order valence-electron chi connectivity index (χ1n) is 9.95. The van der Waals surface area contributed by atoms with Gasteiger partial charge >= 0.3 is 0 Å². The summed E-state index contributed by atoms with van der Waals surface area (Å²) in [6, 6.07) is 19.6. The van der Waals surface area contributed by atoms with Crippen molar-refractivity contribution in [2.75, 3.05) is 16.8 Å². The lowest BCUT2D eigenvalue weighted by Gasteiger charge is -2.30. The summed E-state index contributed by atoms with van der Waals surface area (Å²) in [4.78, 5) is 19.6. The van der Waals surface area contributed by atoms with E-state index in [1.807, 2.05) is 44.2 Å². The zero-order valence-corrected chi connectivity index (χ0v) is 16.8. The number of rotatable bonds is 5. The van der Waals surface area contributed by atoms with E-state index in [1.54, 1.807) is 12.3 Å². The topological polar surface area (TPSA) is 54.5 Å². The molecule has 29 heavy (non-hydrogen) atoms. The summed E-state index contributed by atoms with van der Waals surface area (Å²) in [5, 5.41) is 2.97. The van der Waals surface area contributed by atoms with Crippen molar-refractivity contribution in [3.63, 3.8) is 0 Å². The molecule has 0 radical (unpaired) electrons. The van der Waals surface area contributed by atoms with Crippen molar-refractivity contribution in [2.24, 2.45) is 0 Å². The predicted octanol–water partition coefficient (Wildman–Crippen LogP) is 4.68. The Hall–Kier alpha value is -3.34. The SMILES string of the molecule is CC(C)Oc1ccccc1NC(=O)c1ccnc(N2CCc3ccccc3C2)c1. The van der Waals surface area contributed by atoms with Gasteiger partial charge in [0.1, 0.15) is 11.6 Å². The van der Waals surface area contributed by atoms with Crippen molar-refractivity contribution < 1.29 is 9.53 Å². The molecule has 0 aliphatic carbocycles. The van der Waals surface area contributed by atoms with Crippen LogP contribution in [0.25, 0.3) is 0 Å². The van der Waals surface area contributed by atoms with Crippen LogP contribution in [0.3, 0.4) is 0 Å². The fraction of sp³-hybridized carbons (Fsp3) is 0.250. The number of aromatic nitrogens is 1. The highest BCUT2D eigenvalue weighted by molar-refractivity contribution is 6.05. The van der Waals surface area contributed by atoms with E-state index in [2.05, 4.69) is 39.5 Å². The molecule has 3 aromatic rings. The normalized spacial score (nSPS) is 13.1. The first-order valence-corrected chi connectivity index (χ1v) is 9.95. The monoisotopic (exact) mass is 387 g/mol. The van der Waals surface area contributed by atoms with E-state index in [4.69, 9.17) is 4.74 Å². The molecule has 0 unspecified atom stereocenters. The van der Waals surface area contributed by atoms with Crippen molar-refractivity contribution >= 4 is 17.4 Å². The molecule has 5 nitrogen and oxygen atoms in total. The van der Waals surface area contributed by atoms with Crippen molar-refractivity contribution in [3.05, 3.63) is 83.6 Å².